The van der Waals surface area contributed by atoms with Gasteiger partial charge in [-0.2, -0.15) is 0 Å². The van der Waals surface area contributed by atoms with Crippen molar-refractivity contribution in [2.75, 3.05) is 6.54 Å². The highest BCUT2D eigenvalue weighted by molar-refractivity contribution is 5.83. The van der Waals surface area contributed by atoms with Crippen molar-refractivity contribution in [1.82, 2.24) is 10.2 Å². The van der Waals surface area contributed by atoms with Gasteiger partial charge in [-0.05, 0) is 18.9 Å². The Kier molecular flexibility index (Phi) is 3.32. The molecule has 0 aromatic carbocycles. The third-order valence-electron chi connectivity index (χ3n) is 2.82. The highest BCUT2D eigenvalue weighted by Crippen LogP contribution is 2.17. The maximum atomic E-state index is 11.8. The Labute approximate surface area is 98.2 Å². The zero-order chi connectivity index (χ0) is 12.3. The van der Waals surface area contributed by atoms with Crippen LogP contribution in [-0.4, -0.2) is 34.6 Å². The predicted octanol–water partition coefficient (Wildman–Crippen LogP) is 1.04. The Bertz CT molecular complexity index is 402. The Morgan fingerprint density at radius 1 is 1.59 bits per heavy atom. The summed E-state index contributed by atoms with van der Waals surface area (Å²) in [4.78, 5) is 24.1. The third kappa shape index (κ3) is 2.58. The number of aliphatic carboxylic acids is 1. The first-order valence-electron chi connectivity index (χ1n) is 5.47. The van der Waals surface area contributed by atoms with Crippen LogP contribution in [0.3, 0.4) is 0 Å². The van der Waals surface area contributed by atoms with Crippen LogP contribution in [-0.2, 0) is 11.3 Å². The lowest BCUT2D eigenvalue weighted by Crippen LogP contribution is -2.45. The molecule has 0 saturated carbocycles. The van der Waals surface area contributed by atoms with E-state index < -0.39 is 12.0 Å². The Balaban J connectivity index is 1.89. The van der Waals surface area contributed by atoms with E-state index in [-0.39, 0.29) is 6.03 Å². The van der Waals surface area contributed by atoms with Gasteiger partial charge in [0, 0.05) is 18.7 Å². The van der Waals surface area contributed by atoms with Gasteiger partial charge in [0.25, 0.3) is 0 Å². The maximum absolute atomic E-state index is 11.8. The summed E-state index contributed by atoms with van der Waals surface area (Å²) in [5.74, 6) is -0.944. The summed E-state index contributed by atoms with van der Waals surface area (Å²) in [5.41, 5.74) is 0.851. The van der Waals surface area contributed by atoms with Crippen molar-refractivity contribution >= 4 is 12.0 Å². The molecule has 2 heterocycles. The van der Waals surface area contributed by atoms with Crippen LogP contribution in [0.4, 0.5) is 4.79 Å². The molecule has 0 radical (unpaired) electrons. The molecule has 1 saturated heterocycles. The van der Waals surface area contributed by atoms with E-state index in [2.05, 4.69) is 5.32 Å². The number of urea groups is 1. The van der Waals surface area contributed by atoms with Gasteiger partial charge >= 0.3 is 12.0 Å². The molecule has 6 heteroatoms. The molecule has 1 aromatic rings. The topological polar surface area (TPSA) is 82.8 Å². The van der Waals surface area contributed by atoms with Crippen LogP contribution >= 0.6 is 0 Å². The summed E-state index contributed by atoms with van der Waals surface area (Å²) in [5, 5.41) is 11.6. The quantitative estimate of drug-likeness (QED) is 0.824. The van der Waals surface area contributed by atoms with Gasteiger partial charge < -0.3 is 19.7 Å². The van der Waals surface area contributed by atoms with Crippen molar-refractivity contribution in [1.29, 1.82) is 0 Å². The summed E-state index contributed by atoms with van der Waals surface area (Å²) in [7, 11) is 0. The van der Waals surface area contributed by atoms with E-state index >= 15 is 0 Å². The maximum Gasteiger partial charge on any atom is 0.326 e. The van der Waals surface area contributed by atoms with Crippen LogP contribution in [0, 0.1) is 0 Å². The van der Waals surface area contributed by atoms with Crippen LogP contribution in [0.1, 0.15) is 18.4 Å². The minimum absolute atomic E-state index is 0.337. The van der Waals surface area contributed by atoms with Crippen molar-refractivity contribution in [3.8, 4) is 0 Å². The molecular formula is C11H14N2O4. The van der Waals surface area contributed by atoms with E-state index in [1.165, 1.54) is 11.2 Å². The first kappa shape index (κ1) is 11.5. The van der Waals surface area contributed by atoms with Gasteiger partial charge in [-0.25, -0.2) is 9.59 Å². The third-order valence-corrected chi connectivity index (χ3v) is 2.82. The fourth-order valence-corrected chi connectivity index (χ4v) is 1.94. The number of nitrogens with zero attached hydrogens (tertiary/aromatic N) is 1. The molecule has 1 atom stereocenters. The van der Waals surface area contributed by atoms with Crippen molar-refractivity contribution in [3.05, 3.63) is 24.2 Å². The minimum atomic E-state index is -0.944. The van der Waals surface area contributed by atoms with Gasteiger partial charge in [0.05, 0.1) is 12.5 Å². The lowest BCUT2D eigenvalue weighted by molar-refractivity contribution is -0.141. The number of likely N-dealkylation sites (tertiary alicyclic amines) is 1. The molecule has 0 unspecified atom stereocenters. The number of carboxylic acids is 1. The molecule has 2 amide bonds. The SMILES string of the molecule is O=C(O)[C@H]1CCCN1C(=O)NCc1ccoc1. The second kappa shape index (κ2) is 4.90. The molecule has 0 bridgehead atoms. The van der Waals surface area contributed by atoms with E-state index in [1.807, 2.05) is 0 Å². The van der Waals surface area contributed by atoms with Gasteiger partial charge in [-0.15, -0.1) is 0 Å². The minimum Gasteiger partial charge on any atom is -0.480 e. The lowest BCUT2D eigenvalue weighted by atomic mass is 10.2. The number of carboxylic acid groups (broad SMARTS) is 1. The number of furan rings is 1. The molecule has 1 aliphatic heterocycles. The Morgan fingerprint density at radius 3 is 3.06 bits per heavy atom. The fourth-order valence-electron chi connectivity index (χ4n) is 1.94. The van der Waals surface area contributed by atoms with E-state index in [0.717, 1.165) is 12.0 Å². The van der Waals surface area contributed by atoms with E-state index in [1.54, 1.807) is 12.3 Å². The number of nitrogens with one attached hydrogen (secondary N) is 1. The first-order chi connectivity index (χ1) is 8.18. The number of hydrogen-bond donors (Lipinski definition) is 2. The zero-order valence-corrected chi connectivity index (χ0v) is 9.26. The van der Waals surface area contributed by atoms with Crippen LogP contribution < -0.4 is 5.32 Å². The van der Waals surface area contributed by atoms with Gasteiger partial charge in [-0.1, -0.05) is 0 Å². The molecule has 1 aliphatic rings. The van der Waals surface area contributed by atoms with Gasteiger partial charge in [0.2, 0.25) is 0 Å². The van der Waals surface area contributed by atoms with Crippen LogP contribution in [0.15, 0.2) is 23.0 Å². The van der Waals surface area contributed by atoms with Gasteiger partial charge in [0.15, 0.2) is 0 Å². The number of carbonyl (C=O) groups excluding carboxylic acids is 1. The second-order valence-electron chi connectivity index (χ2n) is 3.98. The highest BCUT2D eigenvalue weighted by atomic mass is 16.4. The molecule has 6 nitrogen and oxygen atoms in total. The first-order valence-corrected chi connectivity index (χ1v) is 5.47. The van der Waals surface area contributed by atoms with Crippen molar-refractivity contribution in [2.45, 2.75) is 25.4 Å². The monoisotopic (exact) mass is 238 g/mol. The van der Waals surface area contributed by atoms with E-state index in [0.29, 0.717) is 19.5 Å². The number of rotatable bonds is 3. The standard InChI is InChI=1S/C11H14N2O4/c14-10(15)9-2-1-4-13(9)11(16)12-6-8-3-5-17-7-8/h3,5,7,9H,1-2,4,6H2,(H,12,16)(H,14,15)/t9-/m1/s1. The molecule has 1 aromatic heterocycles. The number of hydrogen-bond acceptors (Lipinski definition) is 3. The summed E-state index contributed by atoms with van der Waals surface area (Å²) in [6.07, 6.45) is 4.32. The van der Waals surface area contributed by atoms with Crippen LogP contribution in [0.5, 0.6) is 0 Å². The number of amides is 2. The zero-order valence-electron chi connectivity index (χ0n) is 9.26. The fraction of sp³-hybridized carbons (Fsp3) is 0.455. The highest BCUT2D eigenvalue weighted by Gasteiger charge is 2.33. The lowest BCUT2D eigenvalue weighted by Gasteiger charge is -2.21. The summed E-state index contributed by atoms with van der Waals surface area (Å²) < 4.78 is 4.87. The Hall–Kier alpha value is -1.98. The summed E-state index contributed by atoms with van der Waals surface area (Å²) in [6.45, 7) is 0.840. The van der Waals surface area contributed by atoms with Crippen LogP contribution in [0.2, 0.25) is 0 Å². The van der Waals surface area contributed by atoms with Crippen molar-refractivity contribution < 1.29 is 19.1 Å². The molecule has 2 N–H and O–H groups in total. The largest absolute Gasteiger partial charge is 0.480 e. The molecular weight excluding hydrogens is 224 g/mol. The van der Waals surface area contributed by atoms with E-state index in [9.17, 15) is 9.59 Å². The molecule has 92 valence electrons. The molecule has 0 aliphatic carbocycles. The van der Waals surface area contributed by atoms with Crippen LogP contribution in [0.25, 0.3) is 0 Å². The molecule has 0 spiro atoms. The van der Waals surface area contributed by atoms with Gasteiger partial charge in [-0.3, -0.25) is 0 Å². The molecule has 2 rings (SSSR count). The summed E-state index contributed by atoms with van der Waals surface area (Å²) in [6, 6.07) is 0.717. The predicted molar refractivity (Wildman–Crippen MR) is 58.3 cm³/mol. The van der Waals surface area contributed by atoms with Gasteiger partial charge in [0.1, 0.15) is 6.04 Å². The Morgan fingerprint density at radius 2 is 2.41 bits per heavy atom. The normalized spacial score (nSPS) is 19.3. The average molecular weight is 238 g/mol. The van der Waals surface area contributed by atoms with E-state index in [4.69, 9.17) is 9.52 Å². The molecule has 17 heavy (non-hydrogen) atoms. The smallest absolute Gasteiger partial charge is 0.326 e. The van der Waals surface area contributed by atoms with Crippen molar-refractivity contribution in [2.24, 2.45) is 0 Å². The van der Waals surface area contributed by atoms with Crippen molar-refractivity contribution in [3.63, 3.8) is 0 Å². The summed E-state index contributed by atoms with van der Waals surface area (Å²) >= 11 is 0. The average Bonchev–Trinajstić information content (AvgIpc) is 2.96. The molecule has 1 fully saturated rings. The number of carbonyl (C=O) groups is 2. The second-order valence-corrected chi connectivity index (χ2v) is 3.98.